The maximum absolute atomic E-state index is 12.9. The summed E-state index contributed by atoms with van der Waals surface area (Å²) in [6, 6.07) is 0.0874. The fourth-order valence-corrected chi connectivity index (χ4v) is 4.28. The predicted octanol–water partition coefficient (Wildman–Crippen LogP) is 0.695. The van der Waals surface area contributed by atoms with Crippen LogP contribution in [0.4, 0.5) is 0 Å². The van der Waals surface area contributed by atoms with Crippen molar-refractivity contribution in [1.82, 2.24) is 19.8 Å². The van der Waals surface area contributed by atoms with E-state index in [-0.39, 0.29) is 23.9 Å². The molecule has 2 aromatic heterocycles. The van der Waals surface area contributed by atoms with Crippen LogP contribution in [0, 0.1) is 5.92 Å². The van der Waals surface area contributed by atoms with Crippen LogP contribution >= 0.6 is 0 Å². The number of hydrogen-bond acceptors (Lipinski definition) is 2. The topological polar surface area (TPSA) is 75.8 Å². The molecule has 158 valence electrons. The Bertz CT molecular complexity index is 884. The molecule has 3 rings (SSSR count). The van der Waals surface area contributed by atoms with E-state index in [9.17, 15) is 9.59 Å². The minimum absolute atomic E-state index is 0.0356. The van der Waals surface area contributed by atoms with E-state index in [1.54, 1.807) is 0 Å². The molecule has 8 heteroatoms. The molecular formula is C21H34N6O2+2. The van der Waals surface area contributed by atoms with Gasteiger partial charge in [0.2, 0.25) is 0 Å². The van der Waals surface area contributed by atoms with Crippen molar-refractivity contribution in [3.63, 3.8) is 0 Å². The lowest BCUT2D eigenvalue weighted by Crippen LogP contribution is -2.52. The minimum atomic E-state index is -0.0607. The summed E-state index contributed by atoms with van der Waals surface area (Å²) >= 11 is 0. The first kappa shape index (κ1) is 21.1. The highest BCUT2D eigenvalue weighted by Gasteiger charge is 2.34. The molecule has 2 heterocycles. The van der Waals surface area contributed by atoms with Gasteiger partial charge in [-0.3, -0.25) is 9.59 Å². The van der Waals surface area contributed by atoms with Crippen LogP contribution in [-0.2, 0) is 27.2 Å². The van der Waals surface area contributed by atoms with E-state index < -0.39 is 0 Å². The highest BCUT2D eigenvalue weighted by molar-refractivity contribution is 5.90. The van der Waals surface area contributed by atoms with Crippen molar-refractivity contribution in [1.29, 1.82) is 0 Å². The predicted molar refractivity (Wildman–Crippen MR) is 108 cm³/mol. The number of carbonyl (C=O) groups excluding carboxylic acids is 2. The summed E-state index contributed by atoms with van der Waals surface area (Å²) in [7, 11) is 3.77. The molecule has 2 N–H and O–H groups in total. The molecule has 0 spiro atoms. The van der Waals surface area contributed by atoms with Gasteiger partial charge in [-0.2, -0.15) is 0 Å². The van der Waals surface area contributed by atoms with Crippen molar-refractivity contribution in [2.24, 2.45) is 20.0 Å². The highest BCUT2D eigenvalue weighted by atomic mass is 16.2. The van der Waals surface area contributed by atoms with Crippen molar-refractivity contribution in [2.45, 2.75) is 65.2 Å². The standard InChI is InChI=1S/C21H32N6O2/c1-6-26-12-10-24(4)20(26)18(28)22-16-9-8-15(3)17(14-16)23-19(29)21-25(5)11-13-27(21)7-2/h10-13,15-17H,6-9,14H2,1-5H3/p+2. The summed E-state index contributed by atoms with van der Waals surface area (Å²) in [5, 5.41) is 6.40. The lowest BCUT2D eigenvalue weighted by atomic mass is 9.82. The highest BCUT2D eigenvalue weighted by Crippen LogP contribution is 2.25. The first-order valence-electron chi connectivity index (χ1n) is 10.6. The molecule has 2 aromatic rings. The molecule has 0 saturated heterocycles. The molecule has 3 unspecified atom stereocenters. The summed E-state index contributed by atoms with van der Waals surface area (Å²) in [6.07, 6.45) is 10.3. The monoisotopic (exact) mass is 402 g/mol. The van der Waals surface area contributed by atoms with Crippen LogP contribution in [0.15, 0.2) is 24.8 Å². The van der Waals surface area contributed by atoms with Gasteiger partial charge in [-0.25, -0.2) is 18.3 Å². The van der Waals surface area contributed by atoms with Gasteiger partial charge in [0.25, 0.3) is 0 Å². The van der Waals surface area contributed by atoms with Crippen molar-refractivity contribution < 1.29 is 18.7 Å². The van der Waals surface area contributed by atoms with Gasteiger partial charge in [-0.1, -0.05) is 6.92 Å². The van der Waals surface area contributed by atoms with E-state index in [0.29, 0.717) is 17.6 Å². The second kappa shape index (κ2) is 8.80. The molecule has 1 aliphatic rings. The molecular weight excluding hydrogens is 368 g/mol. The van der Waals surface area contributed by atoms with Crippen LogP contribution in [0.5, 0.6) is 0 Å². The molecule has 29 heavy (non-hydrogen) atoms. The molecule has 0 bridgehead atoms. The van der Waals surface area contributed by atoms with Crippen molar-refractivity contribution in [3.05, 3.63) is 36.4 Å². The number of amides is 2. The van der Waals surface area contributed by atoms with Crippen LogP contribution in [0.3, 0.4) is 0 Å². The number of hydrogen-bond donors (Lipinski definition) is 2. The zero-order valence-corrected chi connectivity index (χ0v) is 18.2. The summed E-state index contributed by atoms with van der Waals surface area (Å²) in [6.45, 7) is 7.72. The summed E-state index contributed by atoms with van der Waals surface area (Å²) in [5.74, 6) is 1.56. The van der Waals surface area contributed by atoms with Crippen LogP contribution in [0.2, 0.25) is 0 Å². The zero-order valence-electron chi connectivity index (χ0n) is 18.2. The summed E-state index contributed by atoms with van der Waals surface area (Å²) in [4.78, 5) is 25.8. The third kappa shape index (κ3) is 4.36. The van der Waals surface area contributed by atoms with E-state index in [1.165, 1.54) is 0 Å². The maximum Gasteiger partial charge on any atom is 0.347 e. The smallest absolute Gasteiger partial charge is 0.343 e. The van der Waals surface area contributed by atoms with E-state index in [4.69, 9.17) is 0 Å². The summed E-state index contributed by atoms with van der Waals surface area (Å²) in [5.41, 5.74) is 0. The van der Waals surface area contributed by atoms with E-state index in [1.807, 2.05) is 71.0 Å². The average molecular weight is 403 g/mol. The summed E-state index contributed by atoms with van der Waals surface area (Å²) < 4.78 is 7.59. The van der Waals surface area contributed by atoms with Crippen LogP contribution in [0.25, 0.3) is 0 Å². The minimum Gasteiger partial charge on any atom is -0.343 e. The first-order valence-corrected chi connectivity index (χ1v) is 10.6. The number of aryl methyl sites for hydroxylation is 4. The number of rotatable bonds is 6. The van der Waals surface area contributed by atoms with Gasteiger partial charge < -0.3 is 10.6 Å². The Morgan fingerprint density at radius 3 is 2.00 bits per heavy atom. The second-order valence-electron chi connectivity index (χ2n) is 8.08. The Morgan fingerprint density at radius 1 is 0.966 bits per heavy atom. The zero-order chi connectivity index (χ0) is 21.1. The fraction of sp³-hybridized carbons (Fsp3) is 0.619. The molecule has 1 saturated carbocycles. The van der Waals surface area contributed by atoms with Gasteiger partial charge in [-0.15, -0.1) is 0 Å². The first-order chi connectivity index (χ1) is 13.8. The van der Waals surface area contributed by atoms with Gasteiger partial charge >= 0.3 is 23.5 Å². The third-order valence-corrected chi connectivity index (χ3v) is 6.09. The number of nitrogens with one attached hydrogen (secondary N) is 2. The normalized spacial score (nSPS) is 21.8. The number of nitrogens with zero attached hydrogens (tertiary/aromatic N) is 4. The van der Waals surface area contributed by atoms with E-state index >= 15 is 0 Å². The van der Waals surface area contributed by atoms with Crippen LogP contribution in [-0.4, -0.2) is 33.0 Å². The molecule has 8 nitrogen and oxygen atoms in total. The lowest BCUT2D eigenvalue weighted by Gasteiger charge is -2.34. The SMILES string of the molecule is CCn1cc[n+](C)c1C(=O)NC1CCC(C)C(NC(=O)c2n(CC)cc[n+]2C)C1. The van der Waals surface area contributed by atoms with E-state index in [2.05, 4.69) is 17.6 Å². The van der Waals surface area contributed by atoms with Crippen LogP contribution < -0.4 is 19.8 Å². The third-order valence-electron chi connectivity index (χ3n) is 6.09. The second-order valence-corrected chi connectivity index (χ2v) is 8.08. The van der Waals surface area contributed by atoms with Gasteiger partial charge in [0, 0.05) is 12.1 Å². The number of aromatic nitrogens is 4. The maximum atomic E-state index is 12.9. The Morgan fingerprint density at radius 2 is 1.48 bits per heavy atom. The largest absolute Gasteiger partial charge is 0.347 e. The molecule has 0 aromatic carbocycles. The van der Waals surface area contributed by atoms with Crippen molar-refractivity contribution >= 4 is 11.8 Å². The quantitative estimate of drug-likeness (QED) is 0.698. The Hall–Kier alpha value is -2.64. The van der Waals surface area contributed by atoms with Crippen molar-refractivity contribution in [2.75, 3.05) is 0 Å². The van der Waals surface area contributed by atoms with Crippen molar-refractivity contribution in [3.8, 4) is 0 Å². The van der Waals surface area contributed by atoms with Gasteiger partial charge in [0.15, 0.2) is 0 Å². The molecule has 0 radical (unpaired) electrons. The molecule has 3 atom stereocenters. The number of carbonyl (C=O) groups is 2. The molecule has 1 aliphatic carbocycles. The lowest BCUT2D eigenvalue weighted by molar-refractivity contribution is -0.673. The number of imidazole rings is 2. The van der Waals surface area contributed by atoms with Gasteiger partial charge in [0.1, 0.15) is 24.8 Å². The van der Waals surface area contributed by atoms with Gasteiger partial charge in [-0.05, 0) is 39.0 Å². The van der Waals surface area contributed by atoms with Gasteiger partial charge in [0.05, 0.1) is 27.2 Å². The average Bonchev–Trinajstić information content (AvgIpc) is 3.26. The Kier molecular flexibility index (Phi) is 6.39. The Balaban J connectivity index is 1.67. The molecule has 2 amide bonds. The fourth-order valence-electron chi connectivity index (χ4n) is 4.28. The van der Waals surface area contributed by atoms with E-state index in [0.717, 1.165) is 32.4 Å². The molecule has 1 fully saturated rings. The Labute approximate surface area is 172 Å². The molecule has 0 aliphatic heterocycles. The van der Waals surface area contributed by atoms with Crippen LogP contribution in [0.1, 0.15) is 61.3 Å².